The molecule has 0 fully saturated rings. The molecule has 0 rings (SSSR count). The summed E-state index contributed by atoms with van der Waals surface area (Å²) in [5.41, 5.74) is 0. The Hall–Kier alpha value is -0.860. The number of unbranched alkanes of at least 4 members (excludes halogenated alkanes) is 10. The standard InChI is InChI=1S/C19H36O3/c1-3-4-5-6-7-8-9-10-11-12-15-18(20)16-13-14-17-19(21)22-2/h3-17H2,1-2H3. The fourth-order valence-corrected chi connectivity index (χ4v) is 2.63. The van der Waals surface area contributed by atoms with E-state index in [0.29, 0.717) is 25.0 Å². The molecule has 0 unspecified atom stereocenters. The Balaban J connectivity index is 3.20. The van der Waals surface area contributed by atoms with Crippen molar-refractivity contribution in [2.24, 2.45) is 0 Å². The van der Waals surface area contributed by atoms with Crippen LogP contribution in [0.3, 0.4) is 0 Å². The highest BCUT2D eigenvalue weighted by molar-refractivity contribution is 5.78. The summed E-state index contributed by atoms with van der Waals surface area (Å²) in [6, 6.07) is 0. The van der Waals surface area contributed by atoms with Gasteiger partial charge in [0.25, 0.3) is 0 Å². The Bertz CT molecular complexity index is 274. The summed E-state index contributed by atoms with van der Waals surface area (Å²) in [5.74, 6) is 0.173. The molecule has 0 saturated heterocycles. The van der Waals surface area contributed by atoms with Crippen molar-refractivity contribution < 1.29 is 14.3 Å². The molecule has 0 heterocycles. The van der Waals surface area contributed by atoms with Crippen molar-refractivity contribution >= 4 is 11.8 Å². The fraction of sp³-hybridized carbons (Fsp3) is 0.895. The van der Waals surface area contributed by atoms with Gasteiger partial charge in [-0.1, -0.05) is 64.7 Å². The van der Waals surface area contributed by atoms with E-state index in [2.05, 4.69) is 11.7 Å². The van der Waals surface area contributed by atoms with Gasteiger partial charge in [-0.05, 0) is 19.3 Å². The lowest BCUT2D eigenvalue weighted by atomic mass is 10.0. The molecule has 0 spiro atoms. The van der Waals surface area contributed by atoms with Crippen molar-refractivity contribution in [2.45, 2.75) is 103 Å². The first-order valence-corrected chi connectivity index (χ1v) is 9.29. The molecule has 0 aliphatic rings. The van der Waals surface area contributed by atoms with Crippen LogP contribution in [0.4, 0.5) is 0 Å². The van der Waals surface area contributed by atoms with Crippen LogP contribution in [0.1, 0.15) is 103 Å². The van der Waals surface area contributed by atoms with E-state index in [0.717, 1.165) is 19.3 Å². The highest BCUT2D eigenvalue weighted by Gasteiger charge is 2.04. The SMILES string of the molecule is CCCCCCCCCCCCC(=O)CCCCC(=O)OC. The molecule has 0 N–H and O–H groups in total. The molecule has 3 heteroatoms. The largest absolute Gasteiger partial charge is 0.469 e. The van der Waals surface area contributed by atoms with Gasteiger partial charge in [0, 0.05) is 19.3 Å². The number of hydrogen-bond donors (Lipinski definition) is 0. The second kappa shape index (κ2) is 16.5. The zero-order valence-electron chi connectivity index (χ0n) is 14.8. The lowest BCUT2D eigenvalue weighted by Gasteiger charge is -2.03. The Morgan fingerprint density at radius 1 is 0.636 bits per heavy atom. The number of carbonyl (C=O) groups excluding carboxylic acids is 2. The molecule has 0 aromatic heterocycles. The third-order valence-electron chi connectivity index (χ3n) is 4.12. The van der Waals surface area contributed by atoms with Gasteiger partial charge in [0.1, 0.15) is 5.78 Å². The Morgan fingerprint density at radius 3 is 1.55 bits per heavy atom. The second-order valence-electron chi connectivity index (χ2n) is 6.25. The molecule has 0 aromatic rings. The molecule has 0 bridgehead atoms. The van der Waals surface area contributed by atoms with E-state index in [9.17, 15) is 9.59 Å². The van der Waals surface area contributed by atoms with Crippen molar-refractivity contribution in [1.82, 2.24) is 0 Å². The molecular weight excluding hydrogens is 276 g/mol. The van der Waals surface area contributed by atoms with Crippen molar-refractivity contribution in [1.29, 1.82) is 0 Å². The van der Waals surface area contributed by atoms with Gasteiger partial charge in [-0.25, -0.2) is 0 Å². The molecular formula is C19H36O3. The second-order valence-corrected chi connectivity index (χ2v) is 6.25. The van der Waals surface area contributed by atoms with Crippen molar-refractivity contribution in [3.8, 4) is 0 Å². The molecule has 0 atom stereocenters. The van der Waals surface area contributed by atoms with E-state index in [1.807, 2.05) is 0 Å². The third-order valence-corrected chi connectivity index (χ3v) is 4.12. The molecule has 0 aliphatic heterocycles. The van der Waals surface area contributed by atoms with Crippen LogP contribution in [0.5, 0.6) is 0 Å². The zero-order chi connectivity index (χ0) is 16.5. The van der Waals surface area contributed by atoms with Gasteiger partial charge in [-0.15, -0.1) is 0 Å². The first kappa shape index (κ1) is 21.1. The summed E-state index contributed by atoms with van der Waals surface area (Å²) < 4.78 is 4.57. The molecule has 0 radical (unpaired) electrons. The number of esters is 1. The van der Waals surface area contributed by atoms with Crippen molar-refractivity contribution in [2.75, 3.05) is 7.11 Å². The number of carbonyl (C=O) groups is 2. The first-order valence-electron chi connectivity index (χ1n) is 9.29. The number of methoxy groups -OCH3 is 1. The van der Waals surface area contributed by atoms with Crippen LogP contribution >= 0.6 is 0 Å². The Labute approximate surface area is 137 Å². The van der Waals surface area contributed by atoms with Crippen LogP contribution < -0.4 is 0 Å². The maximum atomic E-state index is 11.7. The molecule has 0 amide bonds. The quantitative estimate of drug-likeness (QED) is 0.275. The zero-order valence-corrected chi connectivity index (χ0v) is 14.8. The van der Waals surface area contributed by atoms with Gasteiger partial charge in [0.15, 0.2) is 0 Å². The Kier molecular flexibility index (Phi) is 15.9. The fourth-order valence-electron chi connectivity index (χ4n) is 2.63. The summed E-state index contributed by atoms with van der Waals surface area (Å²) in [6.45, 7) is 2.25. The van der Waals surface area contributed by atoms with E-state index >= 15 is 0 Å². The lowest BCUT2D eigenvalue weighted by molar-refractivity contribution is -0.140. The molecule has 0 aromatic carbocycles. The van der Waals surface area contributed by atoms with Crippen LogP contribution in [-0.2, 0) is 14.3 Å². The van der Waals surface area contributed by atoms with Gasteiger partial charge >= 0.3 is 5.97 Å². The lowest BCUT2D eigenvalue weighted by Crippen LogP contribution is -2.01. The van der Waals surface area contributed by atoms with Gasteiger partial charge < -0.3 is 4.74 Å². The third kappa shape index (κ3) is 15.5. The number of Topliss-reactive ketones (excluding diaryl/α,β-unsaturated/α-hetero) is 1. The average molecular weight is 312 g/mol. The van der Waals surface area contributed by atoms with Crippen LogP contribution in [0.15, 0.2) is 0 Å². The van der Waals surface area contributed by atoms with Gasteiger partial charge in [-0.3, -0.25) is 9.59 Å². The topological polar surface area (TPSA) is 43.4 Å². The highest BCUT2D eigenvalue weighted by atomic mass is 16.5. The van der Waals surface area contributed by atoms with E-state index in [4.69, 9.17) is 0 Å². The van der Waals surface area contributed by atoms with Gasteiger partial charge in [0.2, 0.25) is 0 Å². The van der Waals surface area contributed by atoms with Crippen LogP contribution in [0.25, 0.3) is 0 Å². The first-order chi connectivity index (χ1) is 10.7. The molecule has 22 heavy (non-hydrogen) atoms. The summed E-state index contributed by atoms with van der Waals surface area (Å²) in [7, 11) is 1.40. The molecule has 3 nitrogen and oxygen atoms in total. The number of hydrogen-bond acceptors (Lipinski definition) is 3. The van der Waals surface area contributed by atoms with E-state index in [1.165, 1.54) is 64.9 Å². The smallest absolute Gasteiger partial charge is 0.305 e. The van der Waals surface area contributed by atoms with E-state index in [1.54, 1.807) is 0 Å². The Morgan fingerprint density at radius 2 is 1.05 bits per heavy atom. The minimum atomic E-state index is -0.179. The summed E-state index contributed by atoms with van der Waals surface area (Å²) >= 11 is 0. The van der Waals surface area contributed by atoms with Crippen LogP contribution in [-0.4, -0.2) is 18.9 Å². The van der Waals surface area contributed by atoms with Crippen LogP contribution in [0, 0.1) is 0 Å². The minimum Gasteiger partial charge on any atom is -0.469 e. The van der Waals surface area contributed by atoms with Crippen molar-refractivity contribution in [3.05, 3.63) is 0 Å². The minimum absolute atomic E-state index is 0.179. The van der Waals surface area contributed by atoms with Gasteiger partial charge in [0.05, 0.1) is 7.11 Å². The van der Waals surface area contributed by atoms with Crippen LogP contribution in [0.2, 0.25) is 0 Å². The summed E-state index contributed by atoms with van der Waals surface area (Å²) in [5, 5.41) is 0. The predicted molar refractivity (Wildman–Crippen MR) is 92.0 cm³/mol. The monoisotopic (exact) mass is 312 g/mol. The highest BCUT2D eigenvalue weighted by Crippen LogP contribution is 2.12. The number of ketones is 1. The molecule has 130 valence electrons. The van der Waals surface area contributed by atoms with E-state index in [-0.39, 0.29) is 5.97 Å². The maximum absolute atomic E-state index is 11.7. The maximum Gasteiger partial charge on any atom is 0.305 e. The normalized spacial score (nSPS) is 10.6. The molecule has 0 saturated carbocycles. The van der Waals surface area contributed by atoms with Crippen molar-refractivity contribution in [3.63, 3.8) is 0 Å². The number of ether oxygens (including phenoxy) is 1. The summed E-state index contributed by atoms with van der Waals surface area (Å²) in [6.07, 6.45) is 16.3. The predicted octanol–water partition coefficient (Wildman–Crippen LogP) is 5.60. The number of rotatable bonds is 16. The van der Waals surface area contributed by atoms with E-state index < -0.39 is 0 Å². The average Bonchev–Trinajstić information content (AvgIpc) is 2.53. The molecule has 0 aliphatic carbocycles. The summed E-state index contributed by atoms with van der Waals surface area (Å²) in [4.78, 5) is 22.6. The van der Waals surface area contributed by atoms with Gasteiger partial charge in [-0.2, -0.15) is 0 Å².